The molecule has 0 saturated carbocycles. The summed E-state index contributed by atoms with van der Waals surface area (Å²) in [5, 5.41) is 13.8. The molecule has 4 rings (SSSR count). The van der Waals surface area contributed by atoms with E-state index in [1.54, 1.807) is 41.7 Å². The maximum atomic E-state index is 13.0. The first-order chi connectivity index (χ1) is 16.8. The fraction of sp³-hybridized carbons (Fsp3) is 0.296. The number of aromatic nitrogens is 1. The van der Waals surface area contributed by atoms with Crippen molar-refractivity contribution >= 4 is 46.6 Å². The van der Waals surface area contributed by atoms with Crippen molar-refractivity contribution in [3.63, 3.8) is 0 Å². The van der Waals surface area contributed by atoms with Crippen molar-refractivity contribution in [3.8, 4) is 11.1 Å². The molecule has 0 radical (unpaired) electrons. The minimum atomic E-state index is -0.501. The Morgan fingerprint density at radius 1 is 1.23 bits per heavy atom. The molecule has 0 unspecified atom stereocenters. The molecular formula is C27H26ClN3O3S. The summed E-state index contributed by atoms with van der Waals surface area (Å²) < 4.78 is 7.45. The number of thiophene rings is 1. The summed E-state index contributed by atoms with van der Waals surface area (Å²) in [5.41, 5.74) is 4.77. The van der Waals surface area contributed by atoms with Gasteiger partial charge in [-0.25, -0.2) is 4.79 Å². The number of hydrogen-bond acceptors (Lipinski definition) is 5. The Morgan fingerprint density at radius 2 is 1.94 bits per heavy atom. The Hall–Kier alpha value is -3.34. The lowest BCUT2D eigenvalue weighted by Crippen LogP contribution is -2.13. The van der Waals surface area contributed by atoms with Gasteiger partial charge in [-0.1, -0.05) is 11.6 Å². The van der Waals surface area contributed by atoms with Gasteiger partial charge in [0.15, 0.2) is 0 Å². The largest absolute Gasteiger partial charge is 0.462 e. The lowest BCUT2D eigenvalue weighted by Gasteiger charge is -2.13. The third-order valence-corrected chi connectivity index (χ3v) is 7.60. The number of hydrogen-bond donors (Lipinski definition) is 1. The number of halogens is 1. The smallest absolute Gasteiger partial charge is 0.341 e. The maximum Gasteiger partial charge on any atom is 0.341 e. The summed E-state index contributed by atoms with van der Waals surface area (Å²) >= 11 is 7.54. The molecule has 1 aromatic carbocycles. The van der Waals surface area contributed by atoms with Crippen molar-refractivity contribution < 1.29 is 14.3 Å². The van der Waals surface area contributed by atoms with Crippen LogP contribution in [0.5, 0.6) is 0 Å². The maximum absolute atomic E-state index is 13.0. The molecule has 0 saturated heterocycles. The number of amides is 1. The summed E-state index contributed by atoms with van der Waals surface area (Å²) in [6.07, 6.45) is 5.59. The second kappa shape index (κ2) is 10.5. The van der Waals surface area contributed by atoms with Gasteiger partial charge in [-0.2, -0.15) is 5.26 Å². The van der Waals surface area contributed by atoms with E-state index in [1.807, 2.05) is 37.5 Å². The molecule has 1 aliphatic rings. The van der Waals surface area contributed by atoms with Gasteiger partial charge >= 0.3 is 5.97 Å². The zero-order valence-electron chi connectivity index (χ0n) is 19.9. The van der Waals surface area contributed by atoms with E-state index in [9.17, 15) is 14.9 Å². The Balaban J connectivity index is 1.73. The van der Waals surface area contributed by atoms with Gasteiger partial charge in [0.1, 0.15) is 16.6 Å². The highest BCUT2D eigenvalue weighted by Crippen LogP contribution is 2.39. The van der Waals surface area contributed by atoms with Gasteiger partial charge in [-0.3, -0.25) is 4.79 Å². The highest BCUT2D eigenvalue weighted by atomic mass is 35.5. The van der Waals surface area contributed by atoms with Crippen LogP contribution in [0.3, 0.4) is 0 Å². The van der Waals surface area contributed by atoms with E-state index in [2.05, 4.69) is 5.32 Å². The van der Waals surface area contributed by atoms with E-state index < -0.39 is 5.91 Å². The number of aryl methyl sites for hydroxylation is 2. The summed E-state index contributed by atoms with van der Waals surface area (Å²) in [5.74, 6) is -0.801. The van der Waals surface area contributed by atoms with Crippen LogP contribution in [0.1, 0.15) is 57.5 Å². The van der Waals surface area contributed by atoms with Crippen LogP contribution >= 0.6 is 22.9 Å². The molecule has 2 aromatic heterocycles. The standard InChI is InChI=1S/C27H26ClN3O3S/c1-4-34-27(33)24-22-7-5-6-8-23(22)35-26(24)31-16(2)13-18(17(31)3)14-19(15-29)25(32)30-21-11-9-20(28)10-12-21/h9-14H,4-8H2,1-3H3,(H,30,32)/b19-14-. The predicted molar refractivity (Wildman–Crippen MR) is 139 cm³/mol. The molecule has 1 aliphatic carbocycles. The van der Waals surface area contributed by atoms with Crippen LogP contribution in [-0.4, -0.2) is 23.1 Å². The molecule has 0 fully saturated rings. The molecule has 0 aliphatic heterocycles. The molecule has 3 aromatic rings. The normalized spacial score (nSPS) is 13.2. The van der Waals surface area contributed by atoms with E-state index in [0.717, 1.165) is 53.2 Å². The lowest BCUT2D eigenvalue weighted by molar-refractivity contribution is -0.112. The Kier molecular flexibility index (Phi) is 7.44. The number of ether oxygens (including phenoxy) is 1. The number of nitrogens with one attached hydrogen (secondary N) is 1. The van der Waals surface area contributed by atoms with E-state index in [1.165, 1.54) is 4.88 Å². The number of carbonyl (C=O) groups is 2. The Morgan fingerprint density at radius 3 is 2.63 bits per heavy atom. The monoisotopic (exact) mass is 507 g/mol. The van der Waals surface area contributed by atoms with Crippen molar-refractivity contribution in [1.29, 1.82) is 5.26 Å². The molecule has 0 bridgehead atoms. The molecule has 8 heteroatoms. The van der Waals surface area contributed by atoms with Crippen LogP contribution in [0.2, 0.25) is 5.02 Å². The highest BCUT2D eigenvalue weighted by molar-refractivity contribution is 7.15. The topological polar surface area (TPSA) is 84.1 Å². The first kappa shape index (κ1) is 24.8. The summed E-state index contributed by atoms with van der Waals surface area (Å²) in [6, 6.07) is 10.6. The van der Waals surface area contributed by atoms with Crippen molar-refractivity contribution in [3.05, 3.63) is 73.9 Å². The van der Waals surface area contributed by atoms with Crippen molar-refractivity contribution in [2.75, 3.05) is 11.9 Å². The summed E-state index contributed by atoms with van der Waals surface area (Å²) in [6.45, 7) is 6.01. The van der Waals surface area contributed by atoms with Crippen LogP contribution in [0.25, 0.3) is 11.1 Å². The van der Waals surface area contributed by atoms with Gasteiger partial charge < -0.3 is 14.6 Å². The SMILES string of the molecule is CCOC(=O)c1c(-n2c(C)cc(/C=C(/C#N)C(=O)Nc3ccc(Cl)cc3)c2C)sc2c1CCCC2. The minimum Gasteiger partial charge on any atom is -0.462 e. The van der Waals surface area contributed by atoms with Gasteiger partial charge in [-0.05, 0) is 94.0 Å². The molecule has 180 valence electrons. The molecule has 6 nitrogen and oxygen atoms in total. The van der Waals surface area contributed by atoms with E-state index in [-0.39, 0.29) is 11.5 Å². The van der Waals surface area contributed by atoms with Crippen LogP contribution in [0.15, 0.2) is 35.9 Å². The fourth-order valence-electron chi connectivity index (χ4n) is 4.40. The molecule has 1 N–H and O–H groups in total. The minimum absolute atomic E-state index is 0.0173. The number of anilines is 1. The van der Waals surface area contributed by atoms with Crippen LogP contribution in [-0.2, 0) is 22.4 Å². The van der Waals surface area contributed by atoms with Crippen molar-refractivity contribution in [2.24, 2.45) is 0 Å². The molecule has 0 spiro atoms. The predicted octanol–water partition coefficient (Wildman–Crippen LogP) is 6.41. The van der Waals surface area contributed by atoms with E-state index in [4.69, 9.17) is 16.3 Å². The molecular weight excluding hydrogens is 482 g/mol. The molecule has 2 heterocycles. The third kappa shape index (κ3) is 5.04. The molecule has 35 heavy (non-hydrogen) atoms. The Labute approximate surface area is 213 Å². The number of esters is 1. The van der Waals surface area contributed by atoms with Gasteiger partial charge in [0.25, 0.3) is 5.91 Å². The van der Waals surface area contributed by atoms with E-state index >= 15 is 0 Å². The fourth-order valence-corrected chi connectivity index (χ4v) is 6.02. The zero-order chi connectivity index (χ0) is 25.1. The summed E-state index contributed by atoms with van der Waals surface area (Å²) in [7, 11) is 0. The highest BCUT2D eigenvalue weighted by Gasteiger charge is 2.28. The van der Waals surface area contributed by atoms with Gasteiger partial charge in [-0.15, -0.1) is 11.3 Å². The second-order valence-electron chi connectivity index (χ2n) is 8.40. The van der Waals surface area contributed by atoms with Gasteiger partial charge in [0.2, 0.25) is 0 Å². The van der Waals surface area contributed by atoms with E-state index in [0.29, 0.717) is 22.9 Å². The molecule has 0 atom stereocenters. The number of fused-ring (bicyclic) bond motifs is 1. The van der Waals surface area contributed by atoms with Crippen LogP contribution in [0.4, 0.5) is 5.69 Å². The van der Waals surface area contributed by atoms with Gasteiger partial charge in [0.05, 0.1) is 12.2 Å². The van der Waals surface area contributed by atoms with Crippen molar-refractivity contribution in [2.45, 2.75) is 46.5 Å². The van der Waals surface area contributed by atoms with Crippen LogP contribution < -0.4 is 5.32 Å². The average Bonchev–Trinajstić information content (AvgIpc) is 3.35. The third-order valence-electron chi connectivity index (χ3n) is 6.07. The molecule has 1 amide bonds. The Bertz CT molecular complexity index is 1360. The van der Waals surface area contributed by atoms with Crippen LogP contribution in [0, 0.1) is 25.2 Å². The number of nitrogens with zero attached hydrogens (tertiary/aromatic N) is 2. The van der Waals surface area contributed by atoms with Crippen molar-refractivity contribution in [1.82, 2.24) is 4.57 Å². The van der Waals surface area contributed by atoms with Gasteiger partial charge in [0, 0.05) is 27.0 Å². The summed E-state index contributed by atoms with van der Waals surface area (Å²) in [4.78, 5) is 27.0. The lowest BCUT2D eigenvalue weighted by atomic mass is 9.95. The zero-order valence-corrected chi connectivity index (χ0v) is 21.5. The first-order valence-corrected chi connectivity index (χ1v) is 12.7. The average molecular weight is 508 g/mol. The number of nitriles is 1. The number of rotatable bonds is 6. The number of benzene rings is 1. The quantitative estimate of drug-likeness (QED) is 0.237. The second-order valence-corrected chi connectivity index (χ2v) is 9.92. The number of carbonyl (C=O) groups excluding carboxylic acids is 2. The first-order valence-electron chi connectivity index (χ1n) is 11.5.